The first-order valence-corrected chi connectivity index (χ1v) is 7.57. The molecule has 0 spiro atoms. The molecule has 1 amide bonds. The number of amides is 1. The van der Waals surface area contributed by atoms with Crippen molar-refractivity contribution in [2.75, 3.05) is 6.61 Å². The van der Waals surface area contributed by atoms with Gasteiger partial charge in [-0.15, -0.1) is 0 Å². The Morgan fingerprint density at radius 3 is 2.39 bits per heavy atom. The Morgan fingerprint density at radius 1 is 1.17 bits per heavy atom. The highest BCUT2D eigenvalue weighted by molar-refractivity contribution is 5.81. The predicted molar refractivity (Wildman–Crippen MR) is 72.3 cm³/mol. The van der Waals surface area contributed by atoms with Crippen molar-refractivity contribution >= 4 is 5.91 Å². The van der Waals surface area contributed by atoms with Crippen LogP contribution in [0.2, 0.25) is 0 Å². The van der Waals surface area contributed by atoms with E-state index in [1.165, 1.54) is 38.5 Å². The minimum Gasteiger partial charge on any atom is -0.368 e. The van der Waals surface area contributed by atoms with Crippen LogP contribution < -0.4 is 5.32 Å². The largest absolute Gasteiger partial charge is 0.368 e. The molecule has 0 bridgehead atoms. The van der Waals surface area contributed by atoms with Crippen LogP contribution in [-0.2, 0) is 9.53 Å². The first kappa shape index (κ1) is 13.9. The average Bonchev–Trinajstić information content (AvgIpc) is 2.99. The molecule has 1 unspecified atom stereocenters. The molecule has 0 aromatic rings. The number of rotatable bonds is 7. The van der Waals surface area contributed by atoms with Crippen molar-refractivity contribution in [1.82, 2.24) is 5.32 Å². The summed E-state index contributed by atoms with van der Waals surface area (Å²) in [4.78, 5) is 12.1. The van der Waals surface area contributed by atoms with E-state index in [2.05, 4.69) is 5.32 Å². The topological polar surface area (TPSA) is 38.3 Å². The van der Waals surface area contributed by atoms with Gasteiger partial charge in [-0.2, -0.15) is 0 Å². The molecule has 2 rings (SSSR count). The second-order valence-corrected chi connectivity index (χ2v) is 6.31. The minimum absolute atomic E-state index is 0.0950. The second kappa shape index (κ2) is 6.55. The zero-order chi connectivity index (χ0) is 13.0. The van der Waals surface area contributed by atoms with Crippen molar-refractivity contribution in [3.05, 3.63) is 0 Å². The smallest absolute Gasteiger partial charge is 0.249 e. The van der Waals surface area contributed by atoms with Crippen molar-refractivity contribution in [2.24, 2.45) is 11.8 Å². The molecular weight excluding hydrogens is 226 g/mol. The fourth-order valence-electron chi connectivity index (χ4n) is 2.71. The Bertz CT molecular complexity index is 268. The summed E-state index contributed by atoms with van der Waals surface area (Å²) in [6.45, 7) is 4.79. The third-order valence-corrected chi connectivity index (χ3v) is 3.98. The van der Waals surface area contributed by atoms with Gasteiger partial charge in [0.1, 0.15) is 6.10 Å². The van der Waals surface area contributed by atoms with Crippen LogP contribution in [0, 0.1) is 11.8 Å². The molecule has 18 heavy (non-hydrogen) atoms. The summed E-state index contributed by atoms with van der Waals surface area (Å²) < 4.78 is 5.88. The summed E-state index contributed by atoms with van der Waals surface area (Å²) in [5, 5.41) is 3.00. The zero-order valence-corrected chi connectivity index (χ0v) is 11.8. The number of carbonyl (C=O) groups is 1. The van der Waals surface area contributed by atoms with Gasteiger partial charge in [-0.1, -0.05) is 25.7 Å². The van der Waals surface area contributed by atoms with E-state index in [-0.39, 0.29) is 18.1 Å². The molecule has 0 radical (unpaired) electrons. The van der Waals surface area contributed by atoms with Gasteiger partial charge in [-0.05, 0) is 44.9 Å². The van der Waals surface area contributed by atoms with E-state index in [0.29, 0.717) is 5.92 Å². The summed E-state index contributed by atoms with van der Waals surface area (Å²) in [5.74, 6) is 1.52. The first-order valence-electron chi connectivity index (χ1n) is 7.57. The lowest BCUT2D eigenvalue weighted by Crippen LogP contribution is -2.41. The van der Waals surface area contributed by atoms with E-state index in [1.54, 1.807) is 0 Å². The third kappa shape index (κ3) is 4.60. The fraction of sp³-hybridized carbons (Fsp3) is 0.933. The van der Waals surface area contributed by atoms with Crippen molar-refractivity contribution in [1.29, 1.82) is 0 Å². The van der Waals surface area contributed by atoms with Gasteiger partial charge < -0.3 is 10.1 Å². The van der Waals surface area contributed by atoms with E-state index in [4.69, 9.17) is 4.74 Å². The fourth-order valence-corrected chi connectivity index (χ4v) is 2.71. The molecule has 0 saturated heterocycles. The van der Waals surface area contributed by atoms with E-state index in [0.717, 1.165) is 18.9 Å². The van der Waals surface area contributed by atoms with Crippen LogP contribution in [0.1, 0.15) is 58.8 Å². The molecule has 2 aliphatic rings. The van der Waals surface area contributed by atoms with E-state index in [1.807, 2.05) is 13.8 Å². The van der Waals surface area contributed by atoms with Crippen LogP contribution >= 0.6 is 0 Å². The van der Waals surface area contributed by atoms with E-state index >= 15 is 0 Å². The third-order valence-electron chi connectivity index (χ3n) is 3.98. The summed E-state index contributed by atoms with van der Waals surface area (Å²) in [5.41, 5.74) is 0. The molecule has 104 valence electrons. The maximum Gasteiger partial charge on any atom is 0.249 e. The average molecular weight is 253 g/mol. The highest BCUT2D eigenvalue weighted by atomic mass is 16.5. The molecule has 2 saturated carbocycles. The molecule has 3 heteroatoms. The Hall–Kier alpha value is -0.570. The van der Waals surface area contributed by atoms with Gasteiger partial charge in [0, 0.05) is 6.04 Å². The highest BCUT2D eigenvalue weighted by Crippen LogP contribution is 2.32. The summed E-state index contributed by atoms with van der Waals surface area (Å²) in [7, 11) is 0. The van der Waals surface area contributed by atoms with E-state index < -0.39 is 0 Å². The Morgan fingerprint density at radius 2 is 1.83 bits per heavy atom. The Kier molecular flexibility index (Phi) is 5.04. The molecular formula is C15H27NO2. The SMILES string of the molecule is CC(C)NC(=O)C(CC1CCCC1)OCC1CC1. The normalized spacial score (nSPS) is 22.4. The van der Waals surface area contributed by atoms with Crippen molar-refractivity contribution < 1.29 is 9.53 Å². The number of nitrogens with one attached hydrogen (secondary N) is 1. The quantitative estimate of drug-likeness (QED) is 0.757. The van der Waals surface area contributed by atoms with Gasteiger partial charge in [0.05, 0.1) is 6.61 Å². The lowest BCUT2D eigenvalue weighted by Gasteiger charge is -2.22. The van der Waals surface area contributed by atoms with Crippen LogP contribution in [-0.4, -0.2) is 24.7 Å². The van der Waals surface area contributed by atoms with Gasteiger partial charge in [-0.25, -0.2) is 0 Å². The van der Waals surface area contributed by atoms with Crippen LogP contribution in [0.3, 0.4) is 0 Å². The van der Waals surface area contributed by atoms with Crippen LogP contribution in [0.4, 0.5) is 0 Å². The van der Waals surface area contributed by atoms with Crippen LogP contribution in [0.5, 0.6) is 0 Å². The van der Waals surface area contributed by atoms with Crippen molar-refractivity contribution in [3.63, 3.8) is 0 Å². The van der Waals surface area contributed by atoms with Gasteiger partial charge in [-0.3, -0.25) is 4.79 Å². The monoisotopic (exact) mass is 253 g/mol. The molecule has 0 aromatic heterocycles. The lowest BCUT2D eigenvalue weighted by molar-refractivity contribution is -0.134. The van der Waals surface area contributed by atoms with Crippen molar-refractivity contribution in [2.45, 2.75) is 70.9 Å². The van der Waals surface area contributed by atoms with E-state index in [9.17, 15) is 4.79 Å². The van der Waals surface area contributed by atoms with Crippen molar-refractivity contribution in [3.8, 4) is 0 Å². The number of hydrogen-bond donors (Lipinski definition) is 1. The molecule has 1 N–H and O–H groups in total. The number of carbonyl (C=O) groups excluding carboxylic acids is 1. The van der Waals surface area contributed by atoms with Gasteiger partial charge in [0.15, 0.2) is 0 Å². The predicted octanol–water partition coefficient (Wildman–Crippen LogP) is 2.89. The first-order chi connectivity index (χ1) is 8.65. The molecule has 0 heterocycles. The maximum atomic E-state index is 12.1. The molecule has 1 atom stereocenters. The molecule has 3 nitrogen and oxygen atoms in total. The molecule has 0 aromatic carbocycles. The summed E-state index contributed by atoms with van der Waals surface area (Å²) in [6.07, 6.45) is 8.47. The zero-order valence-electron chi connectivity index (χ0n) is 11.8. The lowest BCUT2D eigenvalue weighted by atomic mass is 9.99. The summed E-state index contributed by atoms with van der Waals surface area (Å²) in [6, 6.07) is 0.202. The minimum atomic E-state index is -0.212. The molecule has 0 aliphatic heterocycles. The number of hydrogen-bond acceptors (Lipinski definition) is 2. The Labute approximate surface area is 111 Å². The van der Waals surface area contributed by atoms with Gasteiger partial charge >= 0.3 is 0 Å². The molecule has 2 fully saturated rings. The Balaban J connectivity index is 1.80. The summed E-state index contributed by atoms with van der Waals surface area (Å²) >= 11 is 0. The van der Waals surface area contributed by atoms with Gasteiger partial charge in [0.2, 0.25) is 5.91 Å². The standard InChI is InChI=1S/C15H27NO2/c1-11(2)16-15(17)14(18-10-13-7-8-13)9-12-5-3-4-6-12/h11-14H,3-10H2,1-2H3,(H,16,17). The highest BCUT2D eigenvalue weighted by Gasteiger charge is 2.29. The number of ether oxygens (including phenoxy) is 1. The molecule has 2 aliphatic carbocycles. The second-order valence-electron chi connectivity index (χ2n) is 6.31. The van der Waals surface area contributed by atoms with Crippen LogP contribution in [0.15, 0.2) is 0 Å². The van der Waals surface area contributed by atoms with Gasteiger partial charge in [0.25, 0.3) is 0 Å². The van der Waals surface area contributed by atoms with Crippen LogP contribution in [0.25, 0.3) is 0 Å². The maximum absolute atomic E-state index is 12.1.